The first-order valence-corrected chi connectivity index (χ1v) is 10.4. The van der Waals surface area contributed by atoms with Crippen LogP contribution in [-0.2, 0) is 10.2 Å². The number of carbonyl (C=O) groups excluding carboxylic acids is 1. The summed E-state index contributed by atoms with van der Waals surface area (Å²) in [5, 5.41) is 13.9. The molecule has 0 fully saturated rings. The molecule has 4 aromatic rings. The van der Waals surface area contributed by atoms with Gasteiger partial charge in [-0.05, 0) is 40.8 Å². The van der Waals surface area contributed by atoms with Crippen molar-refractivity contribution in [3.8, 4) is 11.5 Å². The fourth-order valence-electron chi connectivity index (χ4n) is 3.36. The fraction of sp³-hybridized carbons (Fsp3) is 0.154. The average molecular weight is 441 g/mol. The van der Waals surface area contributed by atoms with Crippen molar-refractivity contribution in [2.24, 2.45) is 0 Å². The number of carbonyl (C=O) groups is 1. The number of fused-ring (bicyclic) bond motifs is 1. The highest BCUT2D eigenvalue weighted by Crippen LogP contribution is 2.31. The minimum Gasteiger partial charge on any atom is -0.436 e. The van der Waals surface area contributed by atoms with E-state index in [1.807, 2.05) is 12.1 Å². The summed E-state index contributed by atoms with van der Waals surface area (Å²) in [4.78, 5) is 27.5. The average Bonchev–Trinajstić information content (AvgIpc) is 3.21. The highest BCUT2D eigenvalue weighted by atomic mass is 16.6. The largest absolute Gasteiger partial charge is 0.436 e. The van der Waals surface area contributed by atoms with E-state index in [0.29, 0.717) is 22.4 Å². The summed E-state index contributed by atoms with van der Waals surface area (Å²) in [5.41, 5.74) is 4.05. The Hall–Kier alpha value is -4.26. The Morgan fingerprint density at radius 2 is 1.79 bits per heavy atom. The van der Waals surface area contributed by atoms with Crippen LogP contribution in [0.4, 0.5) is 11.4 Å². The smallest absolute Gasteiger partial charge is 0.271 e. The van der Waals surface area contributed by atoms with Gasteiger partial charge in [-0.25, -0.2) is 4.98 Å². The molecule has 0 bridgehead atoms. The summed E-state index contributed by atoms with van der Waals surface area (Å²) in [6.07, 6.45) is 3.22. The van der Waals surface area contributed by atoms with Crippen LogP contribution in [0.2, 0.25) is 0 Å². The van der Waals surface area contributed by atoms with Crippen LogP contribution in [0.1, 0.15) is 31.9 Å². The molecule has 4 rings (SSSR count). The van der Waals surface area contributed by atoms with Gasteiger partial charge < -0.3 is 9.73 Å². The molecule has 1 aromatic heterocycles. The first kappa shape index (κ1) is 22.0. The normalized spacial score (nSPS) is 11.7. The van der Waals surface area contributed by atoms with E-state index in [2.05, 4.69) is 43.2 Å². The van der Waals surface area contributed by atoms with Crippen LogP contribution in [0.25, 0.3) is 28.6 Å². The number of oxazole rings is 1. The number of non-ortho nitro benzene ring substituents is 1. The highest BCUT2D eigenvalue weighted by Gasteiger charge is 2.16. The molecule has 0 spiro atoms. The van der Waals surface area contributed by atoms with E-state index in [9.17, 15) is 14.9 Å². The van der Waals surface area contributed by atoms with E-state index >= 15 is 0 Å². The molecule has 33 heavy (non-hydrogen) atoms. The maximum atomic E-state index is 12.6. The third kappa shape index (κ3) is 4.98. The van der Waals surface area contributed by atoms with Crippen molar-refractivity contribution < 1.29 is 14.1 Å². The van der Waals surface area contributed by atoms with Crippen LogP contribution >= 0.6 is 0 Å². The summed E-state index contributed by atoms with van der Waals surface area (Å²) in [5.74, 6) is -0.0303. The number of nitrogens with one attached hydrogen (secondary N) is 1. The Bertz CT molecular complexity index is 1360. The van der Waals surface area contributed by atoms with Gasteiger partial charge in [-0.15, -0.1) is 0 Å². The van der Waals surface area contributed by atoms with Gasteiger partial charge in [-0.3, -0.25) is 14.9 Å². The number of benzene rings is 3. The lowest BCUT2D eigenvalue weighted by Crippen LogP contribution is -2.10. The third-order valence-corrected chi connectivity index (χ3v) is 5.20. The summed E-state index contributed by atoms with van der Waals surface area (Å²) in [6.45, 7) is 6.46. The Balaban J connectivity index is 1.54. The number of amides is 1. The molecule has 7 heteroatoms. The molecule has 0 unspecified atom stereocenters. The summed E-state index contributed by atoms with van der Waals surface area (Å²) >= 11 is 0. The van der Waals surface area contributed by atoms with Crippen LogP contribution in [-0.4, -0.2) is 15.8 Å². The summed E-state index contributed by atoms with van der Waals surface area (Å²) in [6, 6.07) is 19.4. The zero-order chi connectivity index (χ0) is 23.6. The molecular weight excluding hydrogens is 418 g/mol. The maximum Gasteiger partial charge on any atom is 0.271 e. The quantitative estimate of drug-likeness (QED) is 0.221. The number of nitrogens with zero attached hydrogens (tertiary/aromatic N) is 2. The zero-order valence-corrected chi connectivity index (χ0v) is 18.5. The predicted molar refractivity (Wildman–Crippen MR) is 129 cm³/mol. The molecule has 1 heterocycles. The van der Waals surface area contributed by atoms with Gasteiger partial charge in [0.25, 0.3) is 5.69 Å². The molecule has 0 atom stereocenters. The van der Waals surface area contributed by atoms with E-state index < -0.39 is 4.92 Å². The number of anilines is 1. The van der Waals surface area contributed by atoms with Crippen molar-refractivity contribution in [1.82, 2.24) is 4.98 Å². The summed E-state index contributed by atoms with van der Waals surface area (Å²) in [7, 11) is 0. The molecule has 0 radical (unpaired) electrons. The molecule has 0 saturated carbocycles. The molecule has 1 N–H and O–H groups in total. The topological polar surface area (TPSA) is 98.3 Å². The number of nitro groups is 1. The lowest BCUT2D eigenvalue weighted by Gasteiger charge is -2.18. The van der Waals surface area contributed by atoms with Crippen LogP contribution in [0.5, 0.6) is 0 Å². The molecule has 0 aliphatic carbocycles. The fourth-order valence-corrected chi connectivity index (χ4v) is 3.36. The van der Waals surface area contributed by atoms with Gasteiger partial charge in [0.05, 0.1) is 16.2 Å². The van der Waals surface area contributed by atoms with E-state index in [0.717, 1.165) is 5.56 Å². The number of rotatable bonds is 5. The minimum absolute atomic E-state index is 0.0652. The number of hydrogen-bond acceptors (Lipinski definition) is 5. The van der Waals surface area contributed by atoms with E-state index in [1.54, 1.807) is 30.3 Å². The molecule has 1 amide bonds. The standard InChI is InChI=1S/C26H23N3O4/c1-26(2,3)18-11-8-17(9-12-18)10-15-24(30)27-21-7-5-4-6-20(21)25-28-22-16-19(29(31)32)13-14-23(22)33-25/h4-16H,1-3H3,(H,27,30). The second kappa shape index (κ2) is 8.70. The van der Waals surface area contributed by atoms with Gasteiger partial charge in [-0.1, -0.05) is 57.2 Å². The Kier molecular flexibility index (Phi) is 5.79. The predicted octanol–water partition coefficient (Wildman–Crippen LogP) is 6.35. The minimum atomic E-state index is -0.481. The van der Waals surface area contributed by atoms with Crippen LogP contribution in [0, 0.1) is 10.1 Å². The molecule has 7 nitrogen and oxygen atoms in total. The summed E-state index contributed by atoms with van der Waals surface area (Å²) < 4.78 is 5.78. The van der Waals surface area contributed by atoms with Crippen molar-refractivity contribution in [1.29, 1.82) is 0 Å². The first-order chi connectivity index (χ1) is 15.7. The van der Waals surface area contributed by atoms with E-state index in [4.69, 9.17) is 4.42 Å². The van der Waals surface area contributed by atoms with Crippen molar-refractivity contribution in [3.63, 3.8) is 0 Å². The molecule has 0 aliphatic heterocycles. The van der Waals surface area contributed by atoms with Crippen molar-refractivity contribution in [2.75, 3.05) is 5.32 Å². The lowest BCUT2D eigenvalue weighted by molar-refractivity contribution is -0.384. The third-order valence-electron chi connectivity index (χ3n) is 5.20. The van der Waals surface area contributed by atoms with Gasteiger partial charge in [0.15, 0.2) is 5.58 Å². The SMILES string of the molecule is CC(C)(C)c1ccc(C=CC(=O)Nc2ccccc2-c2nc3cc([N+](=O)[O-])ccc3o2)cc1. The lowest BCUT2D eigenvalue weighted by atomic mass is 9.87. The van der Waals surface area contributed by atoms with Crippen LogP contribution < -0.4 is 5.32 Å². The second-order valence-electron chi connectivity index (χ2n) is 8.67. The number of hydrogen-bond donors (Lipinski definition) is 1. The first-order valence-electron chi connectivity index (χ1n) is 10.4. The zero-order valence-electron chi connectivity index (χ0n) is 18.5. The van der Waals surface area contributed by atoms with Crippen LogP contribution in [0.15, 0.2) is 77.2 Å². The Labute approximate surface area is 190 Å². The van der Waals surface area contributed by atoms with Crippen molar-refractivity contribution >= 4 is 34.5 Å². The van der Waals surface area contributed by atoms with Gasteiger partial charge in [0, 0.05) is 18.2 Å². The van der Waals surface area contributed by atoms with Gasteiger partial charge in [0.1, 0.15) is 5.52 Å². The molecule has 3 aromatic carbocycles. The number of aromatic nitrogens is 1. The van der Waals surface area contributed by atoms with Crippen molar-refractivity contribution in [3.05, 3.63) is 94.0 Å². The highest BCUT2D eigenvalue weighted by molar-refractivity contribution is 6.04. The Morgan fingerprint density at radius 3 is 2.48 bits per heavy atom. The second-order valence-corrected chi connectivity index (χ2v) is 8.67. The molecular formula is C26H23N3O4. The maximum absolute atomic E-state index is 12.6. The monoisotopic (exact) mass is 441 g/mol. The Morgan fingerprint density at radius 1 is 1.06 bits per heavy atom. The van der Waals surface area contributed by atoms with Crippen LogP contribution in [0.3, 0.4) is 0 Å². The number of nitro benzene ring substituents is 1. The molecule has 0 aliphatic rings. The van der Waals surface area contributed by atoms with E-state index in [-0.39, 0.29) is 22.9 Å². The van der Waals surface area contributed by atoms with E-state index in [1.165, 1.54) is 29.8 Å². The van der Waals surface area contributed by atoms with Gasteiger partial charge >= 0.3 is 0 Å². The van der Waals surface area contributed by atoms with Gasteiger partial charge in [-0.2, -0.15) is 0 Å². The van der Waals surface area contributed by atoms with Crippen molar-refractivity contribution in [2.45, 2.75) is 26.2 Å². The van der Waals surface area contributed by atoms with Gasteiger partial charge in [0.2, 0.25) is 11.8 Å². The molecule has 0 saturated heterocycles. The molecule has 166 valence electrons. The number of para-hydroxylation sites is 1.